The molecule has 0 unspecified atom stereocenters. The van der Waals surface area contributed by atoms with Gasteiger partial charge in [0.1, 0.15) is 5.75 Å². The number of carbonyl (C=O) groups is 1. The Labute approximate surface area is 120 Å². The highest BCUT2D eigenvalue weighted by Gasteiger charge is 2.34. The van der Waals surface area contributed by atoms with E-state index in [1.54, 1.807) is 0 Å². The lowest BCUT2D eigenvalue weighted by Crippen LogP contribution is -2.50. The van der Waals surface area contributed by atoms with E-state index in [2.05, 4.69) is 12.2 Å². The first kappa shape index (κ1) is 14.9. The topological polar surface area (TPSA) is 58.6 Å². The van der Waals surface area contributed by atoms with Crippen molar-refractivity contribution in [2.75, 3.05) is 13.2 Å². The van der Waals surface area contributed by atoms with E-state index in [4.69, 9.17) is 4.74 Å². The zero-order valence-electron chi connectivity index (χ0n) is 12.0. The van der Waals surface area contributed by atoms with Gasteiger partial charge in [-0.15, -0.1) is 0 Å². The number of aliphatic hydroxyl groups is 1. The number of rotatable bonds is 6. The van der Waals surface area contributed by atoms with Crippen LogP contribution in [0.3, 0.4) is 0 Å². The molecule has 110 valence electrons. The van der Waals surface area contributed by atoms with E-state index in [1.165, 1.54) is 5.56 Å². The molecule has 0 spiro atoms. The summed E-state index contributed by atoms with van der Waals surface area (Å²) in [6.45, 7) is 2.08. The second-order valence-corrected chi connectivity index (χ2v) is 5.48. The summed E-state index contributed by atoms with van der Waals surface area (Å²) in [4.78, 5) is 11.9. The molecule has 0 bridgehead atoms. The first-order valence-corrected chi connectivity index (χ1v) is 7.31. The van der Waals surface area contributed by atoms with E-state index in [9.17, 15) is 9.90 Å². The lowest BCUT2D eigenvalue weighted by molar-refractivity contribution is -0.125. The van der Waals surface area contributed by atoms with Crippen LogP contribution in [0.4, 0.5) is 0 Å². The van der Waals surface area contributed by atoms with Gasteiger partial charge in [-0.05, 0) is 37.0 Å². The summed E-state index contributed by atoms with van der Waals surface area (Å²) in [6.07, 6.45) is 4.75. The van der Waals surface area contributed by atoms with Gasteiger partial charge in [0.2, 0.25) is 0 Å². The van der Waals surface area contributed by atoms with Gasteiger partial charge in [0.25, 0.3) is 5.91 Å². The van der Waals surface area contributed by atoms with Crippen molar-refractivity contribution in [3.63, 3.8) is 0 Å². The van der Waals surface area contributed by atoms with E-state index in [0.29, 0.717) is 5.75 Å². The van der Waals surface area contributed by atoms with E-state index in [1.807, 2.05) is 24.3 Å². The quantitative estimate of drug-likeness (QED) is 0.836. The van der Waals surface area contributed by atoms with Gasteiger partial charge in [0.05, 0.1) is 12.1 Å². The molecule has 2 N–H and O–H groups in total. The minimum atomic E-state index is -0.425. The van der Waals surface area contributed by atoms with Gasteiger partial charge in [0.15, 0.2) is 6.61 Å². The van der Waals surface area contributed by atoms with Crippen LogP contribution in [0.1, 0.15) is 38.2 Å². The minimum absolute atomic E-state index is 0.00403. The third-order valence-corrected chi connectivity index (χ3v) is 3.94. The molecule has 4 heteroatoms. The molecule has 0 atom stereocenters. The summed E-state index contributed by atoms with van der Waals surface area (Å²) in [6, 6.07) is 7.76. The lowest BCUT2D eigenvalue weighted by atomic mass is 9.99. The SMILES string of the molecule is CCc1cccc(OCC(=O)NC2(CO)CCCC2)c1. The highest BCUT2D eigenvalue weighted by atomic mass is 16.5. The third-order valence-electron chi connectivity index (χ3n) is 3.94. The molecule has 0 heterocycles. The number of ether oxygens (including phenoxy) is 1. The number of benzene rings is 1. The van der Waals surface area contributed by atoms with Gasteiger partial charge < -0.3 is 15.2 Å². The van der Waals surface area contributed by atoms with Crippen molar-refractivity contribution in [3.8, 4) is 5.75 Å². The van der Waals surface area contributed by atoms with Crippen molar-refractivity contribution in [2.45, 2.75) is 44.6 Å². The maximum Gasteiger partial charge on any atom is 0.258 e. The summed E-state index contributed by atoms with van der Waals surface area (Å²) in [5, 5.41) is 12.4. The van der Waals surface area contributed by atoms with Crippen LogP contribution in [-0.2, 0) is 11.2 Å². The van der Waals surface area contributed by atoms with Crippen molar-refractivity contribution < 1.29 is 14.6 Å². The molecule has 0 aromatic heterocycles. The van der Waals surface area contributed by atoms with Crippen molar-refractivity contribution in [1.29, 1.82) is 0 Å². The summed E-state index contributed by atoms with van der Waals surface area (Å²) in [5.41, 5.74) is 0.761. The van der Waals surface area contributed by atoms with Crippen molar-refractivity contribution in [3.05, 3.63) is 29.8 Å². The van der Waals surface area contributed by atoms with Crippen LogP contribution in [0.15, 0.2) is 24.3 Å². The Balaban J connectivity index is 1.85. The average molecular weight is 277 g/mol. The highest BCUT2D eigenvalue weighted by Crippen LogP contribution is 2.29. The standard InChI is InChI=1S/C16H23NO3/c1-2-13-6-5-7-14(10-13)20-11-15(19)17-16(12-18)8-3-4-9-16/h5-7,10,18H,2-4,8-9,11-12H2,1H3,(H,17,19). The number of carbonyl (C=O) groups excluding carboxylic acids is 1. The highest BCUT2D eigenvalue weighted by molar-refractivity contribution is 5.78. The Morgan fingerprint density at radius 2 is 2.15 bits per heavy atom. The minimum Gasteiger partial charge on any atom is -0.484 e. The average Bonchev–Trinajstić information content (AvgIpc) is 2.94. The predicted octanol–water partition coefficient (Wildman–Crippen LogP) is 2.05. The van der Waals surface area contributed by atoms with Crippen molar-refractivity contribution in [2.24, 2.45) is 0 Å². The van der Waals surface area contributed by atoms with Gasteiger partial charge in [-0.25, -0.2) is 0 Å². The summed E-state index contributed by atoms with van der Waals surface area (Å²) < 4.78 is 5.52. The summed E-state index contributed by atoms with van der Waals surface area (Å²) in [7, 11) is 0. The van der Waals surface area contributed by atoms with Crippen LogP contribution in [0, 0.1) is 0 Å². The van der Waals surface area contributed by atoms with Crippen molar-refractivity contribution >= 4 is 5.91 Å². The van der Waals surface area contributed by atoms with E-state index in [-0.39, 0.29) is 19.1 Å². The van der Waals surface area contributed by atoms with Gasteiger partial charge in [-0.1, -0.05) is 31.9 Å². The molecule has 1 amide bonds. The first-order chi connectivity index (χ1) is 9.67. The molecule has 1 aromatic rings. The molecule has 4 nitrogen and oxygen atoms in total. The molecular formula is C16H23NO3. The number of aryl methyl sites for hydroxylation is 1. The molecule has 20 heavy (non-hydrogen) atoms. The maximum atomic E-state index is 11.9. The largest absolute Gasteiger partial charge is 0.484 e. The molecular weight excluding hydrogens is 254 g/mol. The fourth-order valence-corrected chi connectivity index (χ4v) is 2.71. The van der Waals surface area contributed by atoms with Gasteiger partial charge in [0, 0.05) is 0 Å². The molecule has 0 radical (unpaired) electrons. The fraction of sp³-hybridized carbons (Fsp3) is 0.562. The Kier molecular flexibility index (Phi) is 5.01. The number of hydrogen-bond donors (Lipinski definition) is 2. The summed E-state index contributed by atoms with van der Waals surface area (Å²) >= 11 is 0. The van der Waals surface area contributed by atoms with Gasteiger partial charge in [-0.3, -0.25) is 4.79 Å². The molecule has 1 fully saturated rings. The molecule has 0 saturated heterocycles. The van der Waals surface area contributed by atoms with Crippen molar-refractivity contribution in [1.82, 2.24) is 5.32 Å². The Morgan fingerprint density at radius 3 is 2.80 bits per heavy atom. The lowest BCUT2D eigenvalue weighted by Gasteiger charge is -2.27. The Bertz CT molecular complexity index is 453. The van der Waals surface area contributed by atoms with Gasteiger partial charge in [-0.2, -0.15) is 0 Å². The number of nitrogens with one attached hydrogen (secondary N) is 1. The van der Waals surface area contributed by atoms with Crippen LogP contribution >= 0.6 is 0 Å². The predicted molar refractivity (Wildman–Crippen MR) is 77.7 cm³/mol. The second kappa shape index (κ2) is 6.75. The third kappa shape index (κ3) is 3.73. The number of aliphatic hydroxyl groups excluding tert-OH is 1. The van der Waals surface area contributed by atoms with E-state index < -0.39 is 5.54 Å². The van der Waals surface area contributed by atoms with Crippen LogP contribution < -0.4 is 10.1 Å². The van der Waals surface area contributed by atoms with E-state index in [0.717, 1.165) is 32.1 Å². The van der Waals surface area contributed by atoms with Crippen LogP contribution in [0.25, 0.3) is 0 Å². The maximum absolute atomic E-state index is 11.9. The second-order valence-electron chi connectivity index (χ2n) is 5.48. The summed E-state index contributed by atoms with van der Waals surface area (Å²) in [5.74, 6) is 0.548. The molecule has 1 aliphatic rings. The number of hydrogen-bond acceptors (Lipinski definition) is 3. The zero-order chi connectivity index (χ0) is 14.4. The van der Waals surface area contributed by atoms with Crippen LogP contribution in [0.5, 0.6) is 5.75 Å². The van der Waals surface area contributed by atoms with Crippen LogP contribution in [-0.4, -0.2) is 29.8 Å². The Morgan fingerprint density at radius 1 is 1.40 bits per heavy atom. The molecule has 1 aliphatic carbocycles. The smallest absolute Gasteiger partial charge is 0.258 e. The monoisotopic (exact) mass is 277 g/mol. The molecule has 1 saturated carbocycles. The molecule has 0 aliphatic heterocycles. The molecule has 2 rings (SSSR count). The first-order valence-electron chi connectivity index (χ1n) is 7.31. The normalized spacial score (nSPS) is 16.9. The Hall–Kier alpha value is -1.55. The fourth-order valence-electron chi connectivity index (χ4n) is 2.71. The van der Waals surface area contributed by atoms with Crippen LogP contribution in [0.2, 0.25) is 0 Å². The molecule has 1 aromatic carbocycles. The zero-order valence-corrected chi connectivity index (χ0v) is 12.0. The van der Waals surface area contributed by atoms with Gasteiger partial charge >= 0.3 is 0 Å². The number of amides is 1. The van der Waals surface area contributed by atoms with E-state index >= 15 is 0 Å².